The largest absolute Gasteiger partial charge is 0.325 e. The van der Waals surface area contributed by atoms with Crippen molar-refractivity contribution < 1.29 is 4.79 Å². The van der Waals surface area contributed by atoms with E-state index in [1.165, 1.54) is 12.8 Å². The number of benzene rings is 1. The number of likely N-dealkylation sites (N-methyl/N-ethyl adjacent to an activating group) is 1. The van der Waals surface area contributed by atoms with Crippen molar-refractivity contribution in [2.24, 2.45) is 5.92 Å². The number of amides is 1. The minimum atomic E-state index is 0.0492. The molecule has 2 rings (SSSR count). The standard InChI is InChI=1S/C16H24BrN3O/c1-12-9-14(3-4-15(12)17)19-16(21)11-20(2)10-13-5-7-18-8-6-13/h3-4,9,13,18H,5-8,10-11H2,1-2H3,(H,19,21). The van der Waals surface area contributed by atoms with Gasteiger partial charge in [-0.25, -0.2) is 0 Å². The fourth-order valence-corrected chi connectivity index (χ4v) is 2.98. The SMILES string of the molecule is Cc1cc(NC(=O)CN(C)CC2CCNCC2)ccc1Br. The summed E-state index contributed by atoms with van der Waals surface area (Å²) in [5.74, 6) is 0.757. The second kappa shape index (κ2) is 7.92. The average molecular weight is 354 g/mol. The molecule has 116 valence electrons. The highest BCUT2D eigenvalue weighted by molar-refractivity contribution is 9.10. The third-order valence-corrected chi connectivity index (χ3v) is 4.77. The van der Waals surface area contributed by atoms with Gasteiger partial charge in [0.1, 0.15) is 0 Å². The third-order valence-electron chi connectivity index (χ3n) is 3.88. The lowest BCUT2D eigenvalue weighted by molar-refractivity contribution is -0.117. The van der Waals surface area contributed by atoms with Crippen LogP contribution in [0.1, 0.15) is 18.4 Å². The molecule has 2 N–H and O–H groups in total. The highest BCUT2D eigenvalue weighted by atomic mass is 79.9. The Balaban J connectivity index is 1.78. The van der Waals surface area contributed by atoms with Gasteiger partial charge in [-0.1, -0.05) is 15.9 Å². The average Bonchev–Trinajstić information content (AvgIpc) is 2.43. The van der Waals surface area contributed by atoms with Crippen LogP contribution in [0.2, 0.25) is 0 Å². The van der Waals surface area contributed by atoms with E-state index >= 15 is 0 Å². The minimum Gasteiger partial charge on any atom is -0.325 e. The van der Waals surface area contributed by atoms with Crippen LogP contribution in [-0.4, -0.2) is 44.0 Å². The topological polar surface area (TPSA) is 44.4 Å². The van der Waals surface area contributed by atoms with E-state index in [2.05, 4.69) is 31.5 Å². The van der Waals surface area contributed by atoms with E-state index in [1.54, 1.807) is 0 Å². The number of piperidine rings is 1. The molecule has 0 unspecified atom stereocenters. The Bertz CT molecular complexity index is 486. The van der Waals surface area contributed by atoms with Crippen molar-refractivity contribution in [3.63, 3.8) is 0 Å². The van der Waals surface area contributed by atoms with Crippen molar-refractivity contribution in [2.45, 2.75) is 19.8 Å². The van der Waals surface area contributed by atoms with Gasteiger partial charge in [0, 0.05) is 16.7 Å². The molecule has 1 fully saturated rings. The molecule has 4 nitrogen and oxygen atoms in total. The normalized spacial score (nSPS) is 16.2. The van der Waals surface area contributed by atoms with Gasteiger partial charge in [-0.2, -0.15) is 0 Å². The number of carbonyl (C=O) groups excluding carboxylic acids is 1. The summed E-state index contributed by atoms with van der Waals surface area (Å²) in [5.41, 5.74) is 1.98. The molecule has 0 spiro atoms. The maximum absolute atomic E-state index is 12.1. The third kappa shape index (κ3) is 5.41. The Morgan fingerprint density at radius 3 is 2.81 bits per heavy atom. The molecule has 1 amide bonds. The van der Waals surface area contributed by atoms with E-state index in [4.69, 9.17) is 0 Å². The minimum absolute atomic E-state index is 0.0492. The van der Waals surface area contributed by atoms with Gasteiger partial charge in [0.2, 0.25) is 5.91 Å². The summed E-state index contributed by atoms with van der Waals surface area (Å²) in [4.78, 5) is 14.2. The summed E-state index contributed by atoms with van der Waals surface area (Å²) in [5, 5.41) is 6.33. The van der Waals surface area contributed by atoms with Crippen LogP contribution in [0.25, 0.3) is 0 Å². The van der Waals surface area contributed by atoms with Crippen molar-refractivity contribution in [2.75, 3.05) is 38.5 Å². The first kappa shape index (κ1) is 16.5. The van der Waals surface area contributed by atoms with Crippen molar-refractivity contribution in [3.8, 4) is 0 Å². The predicted octanol–water partition coefficient (Wildman–Crippen LogP) is 2.63. The highest BCUT2D eigenvalue weighted by Crippen LogP contribution is 2.20. The van der Waals surface area contributed by atoms with E-state index in [0.29, 0.717) is 12.5 Å². The molecule has 1 aromatic carbocycles. The van der Waals surface area contributed by atoms with Gasteiger partial charge >= 0.3 is 0 Å². The van der Waals surface area contributed by atoms with Gasteiger partial charge in [0.15, 0.2) is 0 Å². The molecule has 0 bridgehead atoms. The van der Waals surface area contributed by atoms with Crippen LogP contribution in [0, 0.1) is 12.8 Å². The van der Waals surface area contributed by atoms with E-state index in [-0.39, 0.29) is 5.91 Å². The monoisotopic (exact) mass is 353 g/mol. The van der Waals surface area contributed by atoms with Gasteiger partial charge in [0.25, 0.3) is 0 Å². The van der Waals surface area contributed by atoms with Crippen molar-refractivity contribution >= 4 is 27.5 Å². The van der Waals surface area contributed by atoms with E-state index < -0.39 is 0 Å². The second-order valence-electron chi connectivity index (χ2n) is 5.90. The zero-order valence-electron chi connectivity index (χ0n) is 12.8. The Morgan fingerprint density at radius 1 is 1.43 bits per heavy atom. The zero-order chi connectivity index (χ0) is 15.2. The van der Waals surface area contributed by atoms with Gasteiger partial charge in [-0.05, 0) is 69.6 Å². The number of halogens is 1. The lowest BCUT2D eigenvalue weighted by Crippen LogP contribution is -2.37. The number of carbonyl (C=O) groups is 1. The summed E-state index contributed by atoms with van der Waals surface area (Å²) >= 11 is 3.47. The van der Waals surface area contributed by atoms with Gasteiger partial charge in [-0.15, -0.1) is 0 Å². The molecule has 0 atom stereocenters. The summed E-state index contributed by atoms with van der Waals surface area (Å²) < 4.78 is 1.06. The van der Waals surface area contributed by atoms with E-state index in [9.17, 15) is 4.79 Å². The fourth-order valence-electron chi connectivity index (χ4n) is 2.74. The molecule has 1 aliphatic rings. The maximum atomic E-state index is 12.1. The smallest absolute Gasteiger partial charge is 0.238 e. The molecule has 0 aromatic heterocycles. The number of hydrogen-bond donors (Lipinski definition) is 2. The van der Waals surface area contributed by atoms with E-state index in [1.807, 2.05) is 32.2 Å². The molecular formula is C16H24BrN3O. The first-order chi connectivity index (χ1) is 10.0. The molecule has 1 saturated heterocycles. The van der Waals surface area contributed by atoms with Gasteiger partial charge in [0.05, 0.1) is 6.54 Å². The first-order valence-corrected chi connectivity index (χ1v) is 8.29. The predicted molar refractivity (Wildman–Crippen MR) is 90.6 cm³/mol. The zero-order valence-corrected chi connectivity index (χ0v) is 14.4. The summed E-state index contributed by atoms with van der Waals surface area (Å²) in [6, 6.07) is 5.86. The van der Waals surface area contributed by atoms with Crippen LogP contribution in [0.15, 0.2) is 22.7 Å². The fraction of sp³-hybridized carbons (Fsp3) is 0.562. The Kier molecular flexibility index (Phi) is 6.21. The van der Waals surface area contributed by atoms with Gasteiger partial charge in [-0.3, -0.25) is 9.69 Å². The number of anilines is 1. The number of nitrogens with one attached hydrogen (secondary N) is 2. The Morgan fingerprint density at radius 2 is 2.14 bits per heavy atom. The van der Waals surface area contributed by atoms with Crippen molar-refractivity contribution in [1.82, 2.24) is 10.2 Å². The molecule has 5 heteroatoms. The van der Waals surface area contributed by atoms with Crippen LogP contribution in [0.4, 0.5) is 5.69 Å². The molecule has 21 heavy (non-hydrogen) atoms. The maximum Gasteiger partial charge on any atom is 0.238 e. The van der Waals surface area contributed by atoms with Crippen LogP contribution in [0.3, 0.4) is 0 Å². The number of hydrogen-bond acceptors (Lipinski definition) is 3. The second-order valence-corrected chi connectivity index (χ2v) is 6.76. The summed E-state index contributed by atoms with van der Waals surface area (Å²) in [6.45, 7) is 5.65. The van der Waals surface area contributed by atoms with Crippen LogP contribution >= 0.6 is 15.9 Å². The Hall–Kier alpha value is -0.910. The molecule has 1 aromatic rings. The quantitative estimate of drug-likeness (QED) is 0.855. The Labute approximate surface area is 135 Å². The summed E-state index contributed by atoms with van der Waals surface area (Å²) in [7, 11) is 2.02. The molecule has 1 heterocycles. The lowest BCUT2D eigenvalue weighted by Gasteiger charge is -2.27. The molecule has 0 radical (unpaired) electrons. The van der Waals surface area contributed by atoms with Gasteiger partial charge < -0.3 is 10.6 Å². The van der Waals surface area contributed by atoms with Crippen LogP contribution in [0.5, 0.6) is 0 Å². The van der Waals surface area contributed by atoms with Crippen LogP contribution in [-0.2, 0) is 4.79 Å². The molecular weight excluding hydrogens is 330 g/mol. The summed E-state index contributed by atoms with van der Waals surface area (Å²) in [6.07, 6.45) is 2.41. The van der Waals surface area contributed by atoms with Crippen molar-refractivity contribution in [1.29, 1.82) is 0 Å². The number of rotatable bonds is 5. The molecule has 1 aliphatic heterocycles. The highest BCUT2D eigenvalue weighted by Gasteiger charge is 2.16. The molecule has 0 aliphatic carbocycles. The number of nitrogens with zero attached hydrogens (tertiary/aromatic N) is 1. The molecule has 0 saturated carbocycles. The van der Waals surface area contributed by atoms with Crippen molar-refractivity contribution in [3.05, 3.63) is 28.2 Å². The number of aryl methyl sites for hydroxylation is 1. The first-order valence-electron chi connectivity index (χ1n) is 7.50. The van der Waals surface area contributed by atoms with E-state index in [0.717, 1.165) is 35.4 Å². The lowest BCUT2D eigenvalue weighted by atomic mass is 9.98. The van der Waals surface area contributed by atoms with Crippen LogP contribution < -0.4 is 10.6 Å².